The number of anilines is 2. The first-order valence-corrected chi connectivity index (χ1v) is 10.3. The zero-order chi connectivity index (χ0) is 19.8. The Hall–Kier alpha value is -3.92. The van der Waals surface area contributed by atoms with Gasteiger partial charge < -0.3 is 20.6 Å². The molecule has 0 aliphatic carbocycles. The first-order valence-electron chi connectivity index (χ1n) is 10.3. The van der Waals surface area contributed by atoms with Gasteiger partial charge in [0.15, 0.2) is 0 Å². The molecule has 1 aliphatic heterocycles. The van der Waals surface area contributed by atoms with Crippen molar-refractivity contribution in [1.29, 1.82) is 0 Å². The molecule has 0 radical (unpaired) electrons. The van der Waals surface area contributed by atoms with E-state index in [1.807, 2.05) is 18.2 Å². The van der Waals surface area contributed by atoms with Crippen LogP contribution in [0.25, 0.3) is 43.6 Å². The lowest BCUT2D eigenvalue weighted by molar-refractivity contribution is 0.686. The van der Waals surface area contributed by atoms with Gasteiger partial charge in [0, 0.05) is 44.7 Å². The Morgan fingerprint density at radius 2 is 1.63 bits per heavy atom. The molecule has 2 aromatic heterocycles. The van der Waals surface area contributed by atoms with Crippen molar-refractivity contribution in [1.82, 2.24) is 9.55 Å². The summed E-state index contributed by atoms with van der Waals surface area (Å²) in [6, 6.07) is 28.1. The fraction of sp³-hybridized carbons (Fsp3) is 0.0769. The molecular formula is C26H20N4. The molecule has 3 heterocycles. The molecular weight excluding hydrogens is 368 g/mol. The molecule has 4 aromatic carbocycles. The summed E-state index contributed by atoms with van der Waals surface area (Å²) >= 11 is 0. The van der Waals surface area contributed by atoms with Crippen LogP contribution in [0.2, 0.25) is 0 Å². The Morgan fingerprint density at radius 3 is 2.57 bits per heavy atom. The first-order chi connectivity index (χ1) is 14.8. The average molecular weight is 388 g/mol. The minimum atomic E-state index is 0.205. The Kier molecular flexibility index (Phi) is 2.96. The summed E-state index contributed by atoms with van der Waals surface area (Å²) in [5.41, 5.74) is 14.3. The number of aromatic amines is 1. The minimum absolute atomic E-state index is 0.205. The zero-order valence-electron chi connectivity index (χ0n) is 16.3. The van der Waals surface area contributed by atoms with Crippen LogP contribution in [-0.4, -0.2) is 9.55 Å². The van der Waals surface area contributed by atoms with Gasteiger partial charge in [-0.05, 0) is 30.3 Å². The Bertz CT molecular complexity index is 1620. The molecule has 1 aliphatic rings. The molecule has 0 fully saturated rings. The molecule has 4 N–H and O–H groups in total. The van der Waals surface area contributed by atoms with Crippen molar-refractivity contribution < 1.29 is 0 Å². The molecule has 144 valence electrons. The smallest absolute Gasteiger partial charge is 0.0714 e. The number of H-pyrrole nitrogens is 1. The number of nitrogens with one attached hydrogen (secondary N) is 2. The van der Waals surface area contributed by atoms with Gasteiger partial charge in [-0.25, -0.2) is 0 Å². The molecule has 0 bridgehead atoms. The van der Waals surface area contributed by atoms with E-state index in [0.29, 0.717) is 0 Å². The molecule has 4 heteroatoms. The summed E-state index contributed by atoms with van der Waals surface area (Å²) in [7, 11) is 0. The number of para-hydroxylation sites is 4. The quantitative estimate of drug-likeness (QED) is 0.310. The van der Waals surface area contributed by atoms with E-state index < -0.39 is 0 Å². The number of nitrogens with two attached hydrogens (primary N) is 1. The van der Waals surface area contributed by atoms with Gasteiger partial charge in [0.05, 0.1) is 28.5 Å². The van der Waals surface area contributed by atoms with Crippen LogP contribution in [0.15, 0.2) is 78.9 Å². The summed E-state index contributed by atoms with van der Waals surface area (Å²) < 4.78 is 2.46. The van der Waals surface area contributed by atoms with E-state index in [-0.39, 0.29) is 6.04 Å². The molecule has 7 rings (SSSR count). The maximum Gasteiger partial charge on any atom is 0.0714 e. The SMILES string of the molecule is Nc1ccccc1NC1Cn2c3cc4[nH]c5ccccc5c4cc3c3cccc1c32. The lowest BCUT2D eigenvalue weighted by Crippen LogP contribution is -2.12. The highest BCUT2D eigenvalue weighted by Gasteiger charge is 2.28. The lowest BCUT2D eigenvalue weighted by atomic mass is 10.0. The Labute approximate surface area is 172 Å². The van der Waals surface area contributed by atoms with Gasteiger partial charge in [-0.1, -0.05) is 48.5 Å². The predicted molar refractivity (Wildman–Crippen MR) is 126 cm³/mol. The molecule has 30 heavy (non-hydrogen) atoms. The second-order valence-electron chi connectivity index (χ2n) is 8.22. The number of nitrogen functional groups attached to an aromatic ring is 1. The highest BCUT2D eigenvalue weighted by atomic mass is 15.1. The van der Waals surface area contributed by atoms with E-state index in [0.717, 1.165) is 17.9 Å². The molecule has 0 saturated carbocycles. The van der Waals surface area contributed by atoms with Gasteiger partial charge >= 0.3 is 0 Å². The van der Waals surface area contributed by atoms with Crippen LogP contribution in [0.4, 0.5) is 11.4 Å². The number of hydrogen-bond acceptors (Lipinski definition) is 2. The van der Waals surface area contributed by atoms with E-state index in [1.54, 1.807) is 0 Å². The van der Waals surface area contributed by atoms with Crippen molar-refractivity contribution in [3.8, 4) is 0 Å². The van der Waals surface area contributed by atoms with Crippen molar-refractivity contribution >= 4 is 55.0 Å². The molecule has 1 atom stereocenters. The van der Waals surface area contributed by atoms with E-state index in [9.17, 15) is 0 Å². The molecule has 0 saturated heterocycles. The normalized spacial score (nSPS) is 15.7. The third-order valence-electron chi connectivity index (χ3n) is 6.57. The van der Waals surface area contributed by atoms with Gasteiger partial charge in [0.1, 0.15) is 0 Å². The molecule has 1 unspecified atom stereocenters. The number of benzene rings is 4. The van der Waals surface area contributed by atoms with E-state index >= 15 is 0 Å². The standard InChI is InChI=1S/C26H20N4/c27-20-9-2-4-11-22(20)29-24-14-30-25-13-23-18(15-6-1-3-10-21(15)28-23)12-19(25)16-7-5-8-17(24)26(16)30/h1-13,24,28-29H,14,27H2. The summed E-state index contributed by atoms with van der Waals surface area (Å²) in [5, 5.41) is 8.88. The predicted octanol–water partition coefficient (Wildman–Crippen LogP) is 6.18. The van der Waals surface area contributed by atoms with Crippen molar-refractivity contribution in [2.24, 2.45) is 0 Å². The number of aromatic nitrogens is 2. The van der Waals surface area contributed by atoms with Gasteiger partial charge in [-0.3, -0.25) is 0 Å². The van der Waals surface area contributed by atoms with Crippen molar-refractivity contribution in [3.05, 3.63) is 84.4 Å². The minimum Gasteiger partial charge on any atom is -0.397 e. The van der Waals surface area contributed by atoms with Crippen LogP contribution >= 0.6 is 0 Å². The van der Waals surface area contributed by atoms with Crippen molar-refractivity contribution in [2.45, 2.75) is 12.6 Å². The van der Waals surface area contributed by atoms with Gasteiger partial charge in [-0.2, -0.15) is 0 Å². The summed E-state index contributed by atoms with van der Waals surface area (Å²) in [5.74, 6) is 0. The van der Waals surface area contributed by atoms with Crippen LogP contribution in [0.5, 0.6) is 0 Å². The van der Waals surface area contributed by atoms with Crippen LogP contribution < -0.4 is 11.1 Å². The lowest BCUT2D eigenvalue weighted by Gasteiger charge is -2.17. The van der Waals surface area contributed by atoms with Crippen LogP contribution in [0.3, 0.4) is 0 Å². The maximum absolute atomic E-state index is 6.19. The number of fused-ring (bicyclic) bond motifs is 6. The average Bonchev–Trinajstić information content (AvgIpc) is 3.41. The molecule has 4 nitrogen and oxygen atoms in total. The Morgan fingerprint density at radius 1 is 0.800 bits per heavy atom. The molecule has 0 spiro atoms. The van der Waals surface area contributed by atoms with Crippen LogP contribution in [0.1, 0.15) is 11.6 Å². The van der Waals surface area contributed by atoms with E-state index in [4.69, 9.17) is 5.73 Å². The highest BCUT2D eigenvalue weighted by molar-refractivity contribution is 6.18. The largest absolute Gasteiger partial charge is 0.397 e. The fourth-order valence-electron chi connectivity index (χ4n) is 5.22. The topological polar surface area (TPSA) is 58.8 Å². The van der Waals surface area contributed by atoms with Crippen LogP contribution in [-0.2, 0) is 6.54 Å². The highest BCUT2D eigenvalue weighted by Crippen LogP contribution is 2.43. The third kappa shape index (κ3) is 2.00. The zero-order valence-corrected chi connectivity index (χ0v) is 16.3. The van der Waals surface area contributed by atoms with Gasteiger partial charge in [0.2, 0.25) is 0 Å². The molecule has 6 aromatic rings. The van der Waals surface area contributed by atoms with Crippen LogP contribution in [0, 0.1) is 0 Å². The second kappa shape index (κ2) is 5.57. The van der Waals surface area contributed by atoms with Crippen molar-refractivity contribution in [2.75, 3.05) is 11.1 Å². The fourth-order valence-corrected chi connectivity index (χ4v) is 5.22. The Balaban J connectivity index is 1.47. The van der Waals surface area contributed by atoms with E-state index in [2.05, 4.69) is 75.5 Å². The number of rotatable bonds is 2. The second-order valence-corrected chi connectivity index (χ2v) is 8.22. The van der Waals surface area contributed by atoms with E-state index in [1.165, 1.54) is 49.2 Å². The first kappa shape index (κ1) is 15.9. The summed E-state index contributed by atoms with van der Waals surface area (Å²) in [6.07, 6.45) is 0. The maximum atomic E-state index is 6.19. The summed E-state index contributed by atoms with van der Waals surface area (Å²) in [4.78, 5) is 3.60. The molecule has 0 amide bonds. The monoisotopic (exact) mass is 388 g/mol. The number of nitrogens with zero attached hydrogens (tertiary/aromatic N) is 1. The third-order valence-corrected chi connectivity index (χ3v) is 6.57. The summed E-state index contributed by atoms with van der Waals surface area (Å²) in [6.45, 7) is 0.888. The van der Waals surface area contributed by atoms with Gasteiger partial charge in [0.25, 0.3) is 0 Å². The van der Waals surface area contributed by atoms with Gasteiger partial charge in [-0.15, -0.1) is 0 Å². The number of hydrogen-bond donors (Lipinski definition) is 3. The van der Waals surface area contributed by atoms with Crippen molar-refractivity contribution in [3.63, 3.8) is 0 Å².